The van der Waals surface area contributed by atoms with Gasteiger partial charge in [0.15, 0.2) is 0 Å². The van der Waals surface area contributed by atoms with E-state index >= 15 is 0 Å². The van der Waals surface area contributed by atoms with E-state index in [1.165, 1.54) is 22.5 Å². The second-order valence-corrected chi connectivity index (χ2v) is 8.55. The van der Waals surface area contributed by atoms with E-state index in [9.17, 15) is 9.59 Å². The van der Waals surface area contributed by atoms with Crippen LogP contribution in [0.2, 0.25) is 0 Å². The molecule has 2 amide bonds. The minimum absolute atomic E-state index is 0.0245. The first-order chi connectivity index (χ1) is 13.1. The van der Waals surface area contributed by atoms with Crippen LogP contribution < -0.4 is 0 Å². The monoisotopic (exact) mass is 382 g/mol. The Kier molecular flexibility index (Phi) is 5.30. The first-order valence-electron chi connectivity index (χ1n) is 9.82. The van der Waals surface area contributed by atoms with Crippen molar-refractivity contribution in [2.75, 3.05) is 20.1 Å². The van der Waals surface area contributed by atoms with Gasteiger partial charge in [-0.3, -0.25) is 9.59 Å². The van der Waals surface area contributed by atoms with Crippen LogP contribution >= 0.6 is 11.3 Å². The Balaban J connectivity index is 1.39. The van der Waals surface area contributed by atoms with Crippen LogP contribution in [0, 0.1) is 5.92 Å². The van der Waals surface area contributed by atoms with Crippen LogP contribution in [0.5, 0.6) is 0 Å². The molecule has 1 aromatic carbocycles. The number of thiophene rings is 1. The van der Waals surface area contributed by atoms with Crippen LogP contribution in [0.15, 0.2) is 41.8 Å². The number of nitrogens with zero attached hydrogens (tertiary/aromatic N) is 2. The lowest BCUT2D eigenvalue weighted by atomic mass is 9.86. The highest BCUT2D eigenvalue weighted by Gasteiger charge is 2.33. The Bertz CT molecular complexity index is 809. The van der Waals surface area contributed by atoms with Gasteiger partial charge >= 0.3 is 0 Å². The summed E-state index contributed by atoms with van der Waals surface area (Å²) in [5, 5.41) is 1.93. The Morgan fingerprint density at radius 2 is 1.85 bits per heavy atom. The molecule has 0 bridgehead atoms. The molecule has 1 atom stereocenters. The second-order valence-electron chi connectivity index (χ2n) is 7.60. The maximum absolute atomic E-state index is 13.1. The molecule has 0 N–H and O–H groups in total. The lowest BCUT2D eigenvalue weighted by Crippen LogP contribution is -2.44. The summed E-state index contributed by atoms with van der Waals surface area (Å²) in [4.78, 5) is 30.3. The van der Waals surface area contributed by atoms with E-state index in [-0.39, 0.29) is 23.8 Å². The lowest BCUT2D eigenvalue weighted by Gasteiger charge is -2.37. The van der Waals surface area contributed by atoms with Crippen molar-refractivity contribution < 1.29 is 9.59 Å². The summed E-state index contributed by atoms with van der Waals surface area (Å²) in [6, 6.07) is 12.5. The highest BCUT2D eigenvalue weighted by Crippen LogP contribution is 2.35. The number of piperidine rings is 1. The van der Waals surface area contributed by atoms with Gasteiger partial charge in [-0.2, -0.15) is 0 Å². The van der Waals surface area contributed by atoms with Crippen molar-refractivity contribution in [2.24, 2.45) is 5.92 Å². The molecule has 4 nitrogen and oxygen atoms in total. The fourth-order valence-corrected chi connectivity index (χ4v) is 5.15. The van der Waals surface area contributed by atoms with E-state index < -0.39 is 0 Å². The quantitative estimate of drug-likeness (QED) is 0.801. The normalized spacial score (nSPS) is 20.2. The van der Waals surface area contributed by atoms with E-state index in [1.807, 2.05) is 34.4 Å². The number of hydrogen-bond donors (Lipinski definition) is 0. The van der Waals surface area contributed by atoms with Gasteiger partial charge in [0.05, 0.1) is 10.9 Å². The predicted molar refractivity (Wildman–Crippen MR) is 108 cm³/mol. The summed E-state index contributed by atoms with van der Waals surface area (Å²) in [5.74, 6) is 0.363. The molecule has 27 heavy (non-hydrogen) atoms. The molecular weight excluding hydrogens is 356 g/mol. The zero-order chi connectivity index (χ0) is 18.8. The maximum Gasteiger partial charge on any atom is 0.263 e. The zero-order valence-corrected chi connectivity index (χ0v) is 16.6. The van der Waals surface area contributed by atoms with Crippen molar-refractivity contribution in [3.8, 4) is 0 Å². The number of amides is 2. The fraction of sp³-hybridized carbons (Fsp3) is 0.455. The summed E-state index contributed by atoms with van der Waals surface area (Å²) in [6.45, 7) is 1.34. The van der Waals surface area contributed by atoms with Crippen molar-refractivity contribution in [1.82, 2.24) is 9.80 Å². The Morgan fingerprint density at radius 1 is 1.07 bits per heavy atom. The van der Waals surface area contributed by atoms with Gasteiger partial charge in [0.25, 0.3) is 5.91 Å². The molecule has 1 aliphatic heterocycles. The molecule has 2 aliphatic rings. The number of fused-ring (bicyclic) bond motifs is 1. The molecule has 0 radical (unpaired) electrons. The van der Waals surface area contributed by atoms with Crippen molar-refractivity contribution in [1.29, 1.82) is 0 Å². The number of hydrogen-bond acceptors (Lipinski definition) is 3. The molecule has 1 fully saturated rings. The van der Waals surface area contributed by atoms with Crippen molar-refractivity contribution in [2.45, 2.75) is 38.1 Å². The molecule has 1 aromatic heterocycles. The summed E-state index contributed by atoms with van der Waals surface area (Å²) in [5.41, 5.74) is 2.69. The Morgan fingerprint density at radius 3 is 2.59 bits per heavy atom. The minimum atomic E-state index is 0.0245. The van der Waals surface area contributed by atoms with Gasteiger partial charge in [0.2, 0.25) is 5.91 Å². The standard InChI is InChI=1S/C22H26N2O2S/c1-23(19-9-4-7-16-6-2-3-8-18(16)19)21(25)17-11-13-24(14-12-17)22(26)20-10-5-15-27-20/h2-3,5-6,8,10,15,17,19H,4,7,9,11-14H2,1H3. The van der Waals surface area contributed by atoms with Crippen LogP contribution in [0.25, 0.3) is 0 Å². The van der Waals surface area contributed by atoms with Gasteiger partial charge < -0.3 is 9.80 Å². The van der Waals surface area contributed by atoms with Gasteiger partial charge in [-0.05, 0) is 54.7 Å². The number of rotatable bonds is 3. The minimum Gasteiger partial charge on any atom is -0.338 e. The van der Waals surface area contributed by atoms with Crippen LogP contribution in [0.3, 0.4) is 0 Å². The molecule has 142 valence electrons. The van der Waals surface area contributed by atoms with E-state index in [0.29, 0.717) is 13.1 Å². The second kappa shape index (κ2) is 7.85. The number of benzene rings is 1. The van der Waals surface area contributed by atoms with Gasteiger partial charge in [-0.15, -0.1) is 11.3 Å². The van der Waals surface area contributed by atoms with Gasteiger partial charge in [-0.1, -0.05) is 30.3 Å². The van der Waals surface area contributed by atoms with Crippen molar-refractivity contribution in [3.05, 3.63) is 57.8 Å². The first kappa shape index (κ1) is 18.2. The number of carbonyl (C=O) groups excluding carboxylic acids is 2. The van der Waals surface area contributed by atoms with Crippen LogP contribution in [-0.4, -0.2) is 41.8 Å². The number of likely N-dealkylation sites (tertiary alicyclic amines) is 1. The molecule has 0 saturated carbocycles. The topological polar surface area (TPSA) is 40.6 Å². The summed E-state index contributed by atoms with van der Waals surface area (Å²) in [6.07, 6.45) is 4.79. The van der Waals surface area contributed by atoms with E-state index in [2.05, 4.69) is 24.3 Å². The maximum atomic E-state index is 13.1. The van der Waals surface area contributed by atoms with Crippen LogP contribution in [0.4, 0.5) is 0 Å². The van der Waals surface area contributed by atoms with Crippen LogP contribution in [0.1, 0.15) is 52.5 Å². The predicted octanol–water partition coefficient (Wildman–Crippen LogP) is 4.14. The molecule has 4 rings (SSSR count). The molecule has 2 aromatic rings. The third kappa shape index (κ3) is 3.65. The van der Waals surface area contributed by atoms with Gasteiger partial charge in [0.1, 0.15) is 0 Å². The fourth-order valence-electron chi connectivity index (χ4n) is 4.46. The summed E-state index contributed by atoms with van der Waals surface area (Å²) >= 11 is 1.48. The summed E-state index contributed by atoms with van der Waals surface area (Å²) < 4.78 is 0. The average molecular weight is 383 g/mol. The van der Waals surface area contributed by atoms with Gasteiger partial charge in [-0.25, -0.2) is 0 Å². The summed E-state index contributed by atoms with van der Waals surface area (Å²) in [7, 11) is 1.96. The SMILES string of the molecule is CN(C(=O)C1CCN(C(=O)c2cccs2)CC1)C1CCCc2ccccc21. The van der Waals surface area contributed by atoms with Gasteiger partial charge in [0, 0.05) is 26.1 Å². The average Bonchev–Trinajstić information content (AvgIpc) is 3.27. The molecular formula is C22H26N2O2S. The Hall–Kier alpha value is -2.14. The highest BCUT2D eigenvalue weighted by molar-refractivity contribution is 7.12. The third-order valence-corrected chi connectivity index (χ3v) is 6.87. The van der Waals surface area contributed by atoms with E-state index in [4.69, 9.17) is 0 Å². The zero-order valence-electron chi connectivity index (χ0n) is 15.8. The first-order valence-corrected chi connectivity index (χ1v) is 10.7. The molecule has 1 aliphatic carbocycles. The Labute approximate surface area is 164 Å². The van der Waals surface area contributed by atoms with E-state index in [0.717, 1.165) is 37.0 Å². The van der Waals surface area contributed by atoms with Crippen molar-refractivity contribution in [3.63, 3.8) is 0 Å². The van der Waals surface area contributed by atoms with Crippen molar-refractivity contribution >= 4 is 23.2 Å². The molecule has 2 heterocycles. The molecule has 5 heteroatoms. The number of aryl methyl sites for hydroxylation is 1. The smallest absolute Gasteiger partial charge is 0.263 e. The molecule has 0 spiro atoms. The number of carbonyl (C=O) groups is 2. The largest absolute Gasteiger partial charge is 0.338 e. The molecule has 1 saturated heterocycles. The molecule has 1 unspecified atom stereocenters. The van der Waals surface area contributed by atoms with E-state index in [1.54, 1.807) is 0 Å². The third-order valence-electron chi connectivity index (χ3n) is 6.02. The lowest BCUT2D eigenvalue weighted by molar-refractivity contribution is -0.138. The highest BCUT2D eigenvalue weighted by atomic mass is 32.1. The van der Waals surface area contributed by atoms with Crippen LogP contribution in [-0.2, 0) is 11.2 Å².